The van der Waals surface area contributed by atoms with Gasteiger partial charge < -0.3 is 5.11 Å². The van der Waals surface area contributed by atoms with Gasteiger partial charge in [-0.05, 0) is 31.5 Å². The highest BCUT2D eigenvalue weighted by atomic mass is 32.1. The van der Waals surface area contributed by atoms with E-state index in [-0.39, 0.29) is 12.0 Å². The molecule has 0 saturated carbocycles. The van der Waals surface area contributed by atoms with Crippen LogP contribution in [0.3, 0.4) is 0 Å². The second-order valence-electron chi connectivity index (χ2n) is 4.27. The molecule has 0 bridgehead atoms. The van der Waals surface area contributed by atoms with Crippen LogP contribution in [0.2, 0.25) is 0 Å². The van der Waals surface area contributed by atoms with E-state index in [0.29, 0.717) is 5.01 Å². The quantitative estimate of drug-likeness (QED) is 0.877. The number of halogens is 3. The van der Waals surface area contributed by atoms with Crippen molar-refractivity contribution in [2.45, 2.75) is 26.4 Å². The summed E-state index contributed by atoms with van der Waals surface area (Å²) in [4.78, 5) is 5.26. The van der Waals surface area contributed by atoms with Crippen LogP contribution in [0.5, 0.6) is 0 Å². The molecule has 0 aliphatic carbocycles. The average molecular weight is 287 g/mol. The van der Waals surface area contributed by atoms with E-state index in [0.717, 1.165) is 22.7 Å². The second-order valence-corrected chi connectivity index (χ2v) is 5.56. The maximum absolute atomic E-state index is 13.1. The molecule has 1 N–H and O–H groups in total. The van der Waals surface area contributed by atoms with Gasteiger partial charge in [-0.15, -0.1) is 11.3 Å². The highest BCUT2D eigenvalue weighted by molar-refractivity contribution is 7.11. The van der Waals surface area contributed by atoms with Crippen molar-refractivity contribution >= 4 is 11.3 Å². The van der Waals surface area contributed by atoms with Gasteiger partial charge in [0.05, 0.1) is 16.8 Å². The molecule has 0 aliphatic heterocycles. The van der Waals surface area contributed by atoms with Crippen molar-refractivity contribution in [3.8, 4) is 0 Å². The van der Waals surface area contributed by atoms with Crippen LogP contribution in [0.4, 0.5) is 13.2 Å². The van der Waals surface area contributed by atoms with Crippen molar-refractivity contribution in [3.63, 3.8) is 0 Å². The fourth-order valence-corrected chi connectivity index (χ4v) is 2.65. The van der Waals surface area contributed by atoms with Crippen LogP contribution in [0.25, 0.3) is 0 Å². The minimum Gasteiger partial charge on any atom is -0.388 e. The third-order valence-electron chi connectivity index (χ3n) is 2.83. The van der Waals surface area contributed by atoms with Crippen LogP contribution in [0, 0.1) is 31.3 Å². The molecule has 0 fully saturated rings. The molecule has 2 aromatic rings. The molecule has 1 aromatic heterocycles. The molecular weight excluding hydrogens is 275 g/mol. The summed E-state index contributed by atoms with van der Waals surface area (Å²) in [5.41, 5.74) is 0.866. The Morgan fingerprint density at radius 1 is 1.21 bits per heavy atom. The summed E-state index contributed by atoms with van der Waals surface area (Å²) in [7, 11) is 0. The van der Waals surface area contributed by atoms with Crippen molar-refractivity contribution < 1.29 is 18.3 Å². The number of rotatable bonds is 3. The lowest BCUT2D eigenvalue weighted by Gasteiger charge is -2.10. The van der Waals surface area contributed by atoms with E-state index in [1.165, 1.54) is 11.3 Å². The number of benzene rings is 1. The molecule has 1 aromatic carbocycles. The predicted octanol–water partition coefficient (Wildman–Crippen LogP) is 3.45. The van der Waals surface area contributed by atoms with Gasteiger partial charge in [0.15, 0.2) is 17.5 Å². The normalized spacial score (nSPS) is 12.7. The number of nitrogens with zero attached hydrogens (tertiary/aromatic N) is 1. The Hall–Kier alpha value is -1.40. The predicted molar refractivity (Wildman–Crippen MR) is 66.6 cm³/mol. The molecule has 0 spiro atoms. The summed E-state index contributed by atoms with van der Waals surface area (Å²) in [5.74, 6) is -4.14. The Balaban J connectivity index is 2.22. The Bertz CT molecular complexity index is 569. The van der Waals surface area contributed by atoms with Crippen molar-refractivity contribution in [2.75, 3.05) is 0 Å². The fraction of sp³-hybridized carbons (Fsp3) is 0.308. The van der Waals surface area contributed by atoms with E-state index >= 15 is 0 Å². The van der Waals surface area contributed by atoms with Gasteiger partial charge in [-0.3, -0.25) is 0 Å². The van der Waals surface area contributed by atoms with Crippen molar-refractivity contribution in [2.24, 2.45) is 0 Å². The maximum Gasteiger partial charge on any atom is 0.194 e. The monoisotopic (exact) mass is 287 g/mol. The summed E-state index contributed by atoms with van der Waals surface area (Å²) < 4.78 is 39.0. The molecule has 0 aliphatic rings. The number of aliphatic hydroxyl groups excluding tert-OH is 1. The van der Waals surface area contributed by atoms with Crippen molar-refractivity contribution in [1.82, 2.24) is 4.98 Å². The van der Waals surface area contributed by atoms with Crippen molar-refractivity contribution in [1.29, 1.82) is 0 Å². The molecule has 19 heavy (non-hydrogen) atoms. The lowest BCUT2D eigenvalue weighted by Crippen LogP contribution is -2.04. The van der Waals surface area contributed by atoms with Gasteiger partial charge in [0.25, 0.3) is 0 Å². The second kappa shape index (κ2) is 5.30. The summed E-state index contributed by atoms with van der Waals surface area (Å²) in [5, 5.41) is 10.6. The Morgan fingerprint density at radius 3 is 2.26 bits per heavy atom. The Morgan fingerprint density at radius 2 is 1.79 bits per heavy atom. The lowest BCUT2D eigenvalue weighted by atomic mass is 10.1. The molecule has 6 heteroatoms. The Kier molecular flexibility index (Phi) is 3.91. The van der Waals surface area contributed by atoms with Crippen LogP contribution < -0.4 is 0 Å². The van der Waals surface area contributed by atoms with Gasteiger partial charge in [0, 0.05) is 11.3 Å². The first-order chi connectivity index (χ1) is 8.88. The van der Waals surface area contributed by atoms with Gasteiger partial charge in [-0.25, -0.2) is 18.2 Å². The number of hydrogen-bond donors (Lipinski definition) is 1. The zero-order valence-electron chi connectivity index (χ0n) is 10.4. The van der Waals surface area contributed by atoms with Gasteiger partial charge in [-0.2, -0.15) is 0 Å². The molecule has 102 valence electrons. The summed E-state index contributed by atoms with van der Waals surface area (Å²) >= 11 is 1.42. The average Bonchev–Trinajstić information content (AvgIpc) is 2.64. The smallest absolute Gasteiger partial charge is 0.194 e. The minimum atomic E-state index is -1.53. The number of aryl methyl sites for hydroxylation is 2. The third kappa shape index (κ3) is 2.96. The summed E-state index contributed by atoms with van der Waals surface area (Å²) in [6.07, 6.45) is -0.973. The molecule has 2 nitrogen and oxygen atoms in total. The molecule has 1 atom stereocenters. The van der Waals surface area contributed by atoms with Crippen molar-refractivity contribution in [3.05, 3.63) is 50.7 Å². The maximum atomic E-state index is 13.1. The van der Waals surface area contributed by atoms with E-state index in [9.17, 15) is 18.3 Å². The molecule has 0 amide bonds. The standard InChI is InChI=1S/C13H12F3NOS/c1-6-7(2)19-12(17-6)5-11(18)8-3-9(14)13(16)10(15)4-8/h3-4,11,18H,5H2,1-2H3. The van der Waals surface area contributed by atoms with Gasteiger partial charge in [0.1, 0.15) is 0 Å². The Labute approximate surface area is 112 Å². The van der Waals surface area contributed by atoms with Gasteiger partial charge >= 0.3 is 0 Å². The number of thiazole rings is 1. The minimum absolute atomic E-state index is 0.00176. The molecule has 0 saturated heterocycles. The molecule has 1 unspecified atom stereocenters. The van der Waals surface area contributed by atoms with Crippen LogP contribution in [-0.2, 0) is 6.42 Å². The fourth-order valence-electron chi connectivity index (χ4n) is 1.68. The first kappa shape index (κ1) is 14.0. The lowest BCUT2D eigenvalue weighted by molar-refractivity contribution is 0.177. The SMILES string of the molecule is Cc1nc(CC(O)c2cc(F)c(F)c(F)c2)sc1C. The summed E-state index contributed by atoms with van der Waals surface area (Å²) in [6, 6.07) is 1.60. The van der Waals surface area contributed by atoms with Crippen LogP contribution >= 0.6 is 11.3 Å². The number of aliphatic hydroxyl groups is 1. The van der Waals surface area contributed by atoms with Gasteiger partial charge in [-0.1, -0.05) is 0 Å². The molecule has 1 heterocycles. The van der Waals surface area contributed by atoms with E-state index in [1.807, 2.05) is 13.8 Å². The number of aromatic nitrogens is 1. The van der Waals surface area contributed by atoms with E-state index in [1.54, 1.807) is 0 Å². The first-order valence-electron chi connectivity index (χ1n) is 5.64. The van der Waals surface area contributed by atoms with E-state index < -0.39 is 23.6 Å². The highest BCUT2D eigenvalue weighted by Gasteiger charge is 2.17. The summed E-state index contributed by atoms with van der Waals surface area (Å²) in [6.45, 7) is 3.75. The zero-order chi connectivity index (χ0) is 14.2. The largest absolute Gasteiger partial charge is 0.388 e. The number of hydrogen-bond acceptors (Lipinski definition) is 3. The van der Waals surface area contributed by atoms with Crippen LogP contribution in [0.1, 0.15) is 27.2 Å². The third-order valence-corrected chi connectivity index (χ3v) is 3.93. The first-order valence-corrected chi connectivity index (χ1v) is 6.45. The van der Waals surface area contributed by atoms with Gasteiger partial charge in [0.2, 0.25) is 0 Å². The molecule has 2 rings (SSSR count). The van der Waals surface area contributed by atoms with E-state index in [2.05, 4.69) is 4.98 Å². The van der Waals surface area contributed by atoms with Crippen LogP contribution in [0.15, 0.2) is 12.1 Å². The topological polar surface area (TPSA) is 33.1 Å². The van der Waals surface area contributed by atoms with Crippen LogP contribution in [-0.4, -0.2) is 10.1 Å². The molecule has 0 radical (unpaired) electrons. The highest BCUT2D eigenvalue weighted by Crippen LogP contribution is 2.25. The molecular formula is C13H12F3NOS. The van der Waals surface area contributed by atoms with E-state index in [4.69, 9.17) is 0 Å². The zero-order valence-corrected chi connectivity index (χ0v) is 11.2.